The Kier molecular flexibility index (Phi) is 29.6. The first-order valence-corrected chi connectivity index (χ1v) is 35.0. The molecule has 8 amide bonds. The normalized spacial score (nSPS) is 10.7. The standard InChI is InChI=1S/C38H38N16O5.C34H30N16O5/c55-31(9-5-11-33(57)45-25-13-15-29(43-23-25)37-51-47-35(48-52-37)27-7-1-3-17-39-27)41-19-21-59-22-20-42-32(56)10-6-12-34(58)46-26-14-16-30(44-24-26)38-53-49-36(50-54-38)28-8-2-4-18-40-28;51-27(17-29(53)41-21-7-9-25(39-19-21)33-47-43-31(44-48-33)23-5-1-3-11-35-23)37-13-15-55-16-14-38-28(52)18-30(54)42-22-8-10-26(40-20-22)34-49-45-32(46-50-34)24-6-2-4-12-36-24/h1-4,7-8,13-18,23-24H,5-6,9-12,19-22H2,(H,41,55)(H,42,56)(H,45,57)(H,46,58);1-12,19-20H,13-18H2,(H,37,51)(H,38,52)(H,41,53)(H,42,54). The highest BCUT2D eigenvalue weighted by molar-refractivity contribution is 6.04. The van der Waals surface area contributed by atoms with Gasteiger partial charge < -0.3 is 52.0 Å². The number of ether oxygens (including phenoxy) is 2. The van der Waals surface area contributed by atoms with Crippen molar-refractivity contribution < 1.29 is 47.8 Å². The maximum absolute atomic E-state index is 12.4. The molecule has 0 unspecified atom stereocenters. The smallest absolute Gasteiger partial charge is 0.233 e. The average Bonchev–Trinajstić information content (AvgIpc) is 0.850. The van der Waals surface area contributed by atoms with E-state index in [9.17, 15) is 38.4 Å². The van der Waals surface area contributed by atoms with Crippen LogP contribution in [0.25, 0.3) is 92.1 Å². The van der Waals surface area contributed by atoms with Crippen LogP contribution in [0.2, 0.25) is 0 Å². The minimum atomic E-state index is -0.542. The molecule has 12 aromatic rings. The van der Waals surface area contributed by atoms with E-state index >= 15 is 0 Å². The van der Waals surface area contributed by atoms with Crippen molar-refractivity contribution in [1.29, 1.82) is 0 Å². The summed E-state index contributed by atoms with van der Waals surface area (Å²) >= 11 is 0. The van der Waals surface area contributed by atoms with Gasteiger partial charge in [-0.1, -0.05) is 24.3 Å². The van der Waals surface area contributed by atoms with E-state index in [0.717, 1.165) is 0 Å². The fraction of sp³-hybridized carbons (Fsp3) is 0.222. The Morgan fingerprint density at radius 3 is 0.675 bits per heavy atom. The predicted molar refractivity (Wildman–Crippen MR) is 401 cm³/mol. The third-order valence-electron chi connectivity index (χ3n) is 15.1. The lowest BCUT2D eigenvalue weighted by atomic mass is 10.2. The van der Waals surface area contributed by atoms with Gasteiger partial charge in [0, 0.05) is 76.6 Å². The van der Waals surface area contributed by atoms with Crippen LogP contribution in [-0.2, 0) is 47.8 Å². The summed E-state index contributed by atoms with van der Waals surface area (Å²) in [5, 5.41) is 86.1. The summed E-state index contributed by atoms with van der Waals surface area (Å²) in [5.74, 6) is -1.06. The third kappa shape index (κ3) is 25.9. The molecule has 42 heteroatoms. The predicted octanol–water partition coefficient (Wildman–Crippen LogP) is 2.96. The molecule has 0 atom stereocenters. The molecule has 0 radical (unpaired) electrons. The van der Waals surface area contributed by atoms with Crippen molar-refractivity contribution in [2.45, 2.75) is 51.4 Å². The van der Waals surface area contributed by atoms with Gasteiger partial charge in [-0.2, -0.15) is 0 Å². The van der Waals surface area contributed by atoms with Gasteiger partial charge in [-0.05, 0) is 110 Å². The van der Waals surface area contributed by atoms with Crippen LogP contribution in [0.15, 0.2) is 171 Å². The molecular weight excluding hydrogens is 1470 g/mol. The zero-order valence-electron chi connectivity index (χ0n) is 60.3. The van der Waals surface area contributed by atoms with E-state index in [2.05, 4.69) is 164 Å². The van der Waals surface area contributed by atoms with Crippen LogP contribution < -0.4 is 42.5 Å². The van der Waals surface area contributed by atoms with Crippen LogP contribution in [0.4, 0.5) is 22.7 Å². The quantitative estimate of drug-likeness (QED) is 0.0207. The number of nitrogens with one attached hydrogen (secondary N) is 8. The van der Waals surface area contributed by atoms with E-state index in [4.69, 9.17) is 9.47 Å². The molecule has 12 heterocycles. The van der Waals surface area contributed by atoms with Crippen molar-refractivity contribution >= 4 is 70.0 Å². The Morgan fingerprint density at radius 1 is 0.237 bits per heavy atom. The van der Waals surface area contributed by atoms with Crippen LogP contribution in [-0.4, -0.2) is 221 Å². The number of rotatable bonds is 36. The maximum atomic E-state index is 12.4. The summed E-state index contributed by atoms with van der Waals surface area (Å²) < 4.78 is 10.9. The molecular formula is C72H68N32O10. The number of anilines is 4. The second-order valence-electron chi connectivity index (χ2n) is 23.7. The molecule has 0 fully saturated rings. The lowest BCUT2D eigenvalue weighted by Crippen LogP contribution is -2.33. The van der Waals surface area contributed by atoms with Crippen LogP contribution >= 0.6 is 0 Å². The molecule has 0 spiro atoms. The SMILES string of the molecule is O=C(CC(=O)Nc1ccc(-c2nnc(-c3ccccn3)nn2)nc1)NCCOCCNC(=O)CC(=O)Nc1ccc(-c2nnc(-c3ccccn3)nn2)nc1.O=C(CCCC(=O)Nc1ccc(-c2nnc(-c3ccccn3)nn2)nc1)NCCOCCNC(=O)CCCC(=O)Nc1ccc(-c2nnc(-c3ccccn3)nn2)nc1. The number of aromatic nitrogens is 24. The summed E-state index contributed by atoms with van der Waals surface area (Å²) in [7, 11) is 0. The molecule has 12 rings (SSSR count). The van der Waals surface area contributed by atoms with Crippen LogP contribution in [0.1, 0.15) is 51.4 Å². The molecule has 0 saturated carbocycles. The first-order valence-electron chi connectivity index (χ1n) is 35.0. The van der Waals surface area contributed by atoms with Gasteiger partial charge >= 0.3 is 0 Å². The van der Waals surface area contributed by atoms with E-state index in [-0.39, 0.29) is 137 Å². The number of nitrogens with zero attached hydrogens (tertiary/aromatic N) is 24. The second kappa shape index (κ2) is 42.4. The Bertz CT molecular complexity index is 4790. The van der Waals surface area contributed by atoms with Crippen molar-refractivity contribution in [1.82, 2.24) is 143 Å². The summed E-state index contributed by atoms with van der Waals surface area (Å²) in [6.07, 6.45) is 12.7. The van der Waals surface area contributed by atoms with E-state index in [0.29, 0.717) is 92.8 Å². The number of hydrogen-bond donors (Lipinski definition) is 8. The topological polar surface area (TPSA) is 561 Å². The van der Waals surface area contributed by atoms with E-state index in [1.54, 1.807) is 134 Å². The zero-order valence-corrected chi connectivity index (χ0v) is 60.3. The van der Waals surface area contributed by atoms with Crippen molar-refractivity contribution in [2.75, 3.05) is 73.9 Å². The molecule has 0 aliphatic rings. The minimum absolute atomic E-state index is 0.137. The number of carbonyl (C=O) groups is 8. The monoisotopic (exact) mass is 1540 g/mol. The largest absolute Gasteiger partial charge is 0.378 e. The molecule has 42 nitrogen and oxygen atoms in total. The summed E-state index contributed by atoms with van der Waals surface area (Å²) in [6, 6.07) is 34.3. The van der Waals surface area contributed by atoms with Crippen LogP contribution in [0, 0.1) is 0 Å². The molecule has 576 valence electrons. The number of carbonyl (C=O) groups excluding carboxylic acids is 8. The molecule has 0 bridgehead atoms. The minimum Gasteiger partial charge on any atom is -0.378 e. The van der Waals surface area contributed by atoms with E-state index in [1.165, 1.54) is 24.8 Å². The van der Waals surface area contributed by atoms with Gasteiger partial charge in [0.2, 0.25) is 93.9 Å². The first kappa shape index (κ1) is 79.7. The fourth-order valence-electron chi connectivity index (χ4n) is 9.64. The van der Waals surface area contributed by atoms with Crippen molar-refractivity contribution in [3.8, 4) is 92.1 Å². The summed E-state index contributed by atoms with van der Waals surface area (Å²) in [4.78, 5) is 132. The van der Waals surface area contributed by atoms with E-state index in [1.807, 2.05) is 12.1 Å². The number of pyridine rings is 8. The van der Waals surface area contributed by atoms with Gasteiger partial charge in [0.25, 0.3) is 0 Å². The van der Waals surface area contributed by atoms with Gasteiger partial charge in [-0.15, -0.1) is 81.6 Å². The third-order valence-corrected chi connectivity index (χ3v) is 15.1. The molecule has 8 N–H and O–H groups in total. The molecule has 0 aliphatic heterocycles. The summed E-state index contributed by atoms with van der Waals surface area (Å²) in [6.45, 7) is 1.64. The van der Waals surface area contributed by atoms with Gasteiger partial charge in [-0.25, -0.2) is 0 Å². The molecule has 0 aromatic carbocycles. The highest BCUT2D eigenvalue weighted by atomic mass is 16.5. The van der Waals surface area contributed by atoms with Gasteiger partial charge in [0.05, 0.1) is 74.0 Å². The Balaban J connectivity index is 0.000000225. The average molecular weight is 1540 g/mol. The van der Waals surface area contributed by atoms with Crippen molar-refractivity contribution in [3.63, 3.8) is 0 Å². The highest BCUT2D eigenvalue weighted by Gasteiger charge is 2.18. The second-order valence-corrected chi connectivity index (χ2v) is 23.7. The van der Waals surface area contributed by atoms with Gasteiger partial charge in [0.1, 0.15) is 58.4 Å². The number of hydrogen-bond acceptors (Lipinski definition) is 34. The van der Waals surface area contributed by atoms with E-state index < -0.39 is 36.5 Å². The molecule has 114 heavy (non-hydrogen) atoms. The maximum Gasteiger partial charge on any atom is 0.233 e. The van der Waals surface area contributed by atoms with Crippen LogP contribution in [0.5, 0.6) is 0 Å². The fourth-order valence-corrected chi connectivity index (χ4v) is 9.64. The first-order chi connectivity index (χ1) is 55.8. The molecule has 0 aliphatic carbocycles. The Morgan fingerprint density at radius 2 is 0.456 bits per heavy atom. The Hall–Kier alpha value is -15.4. The lowest BCUT2D eigenvalue weighted by Gasteiger charge is -2.09. The van der Waals surface area contributed by atoms with Crippen molar-refractivity contribution in [2.24, 2.45) is 0 Å². The highest BCUT2D eigenvalue weighted by Crippen LogP contribution is 2.21. The lowest BCUT2D eigenvalue weighted by molar-refractivity contribution is -0.128. The summed E-state index contributed by atoms with van der Waals surface area (Å²) in [5.41, 5.74) is 5.51. The van der Waals surface area contributed by atoms with Gasteiger partial charge in [0.15, 0.2) is 0 Å². The molecule has 0 saturated heterocycles. The Labute approximate surface area is 646 Å². The van der Waals surface area contributed by atoms with Crippen LogP contribution in [0.3, 0.4) is 0 Å². The van der Waals surface area contributed by atoms with Crippen molar-refractivity contribution in [3.05, 3.63) is 171 Å². The molecule has 12 aromatic heterocycles. The zero-order chi connectivity index (χ0) is 79.3. The van der Waals surface area contributed by atoms with Gasteiger partial charge in [-0.3, -0.25) is 78.2 Å². The number of amides is 8.